The third-order valence-corrected chi connectivity index (χ3v) is 3.45. The quantitative estimate of drug-likeness (QED) is 0.542. The third kappa shape index (κ3) is 2.58. The Labute approximate surface area is 121 Å². The molecular weight excluding hydrogens is 268 g/mol. The minimum absolute atomic E-state index is 0.113. The van der Waals surface area contributed by atoms with Crippen LogP contribution in [0.15, 0.2) is 54.7 Å². The van der Waals surface area contributed by atoms with E-state index < -0.39 is 0 Å². The largest absolute Gasteiger partial charge is 0.497 e. The highest BCUT2D eigenvalue weighted by atomic mass is 16.6. The zero-order valence-electron chi connectivity index (χ0n) is 11.5. The zero-order chi connectivity index (χ0) is 14.8. The standard InChI is InChI=1S/C16H14N2O3/c1-21-15-4-2-3-12(9-15)11-17-8-7-13-10-14(18(19)20)5-6-16(13)17/h2-10H,11H2,1H3. The SMILES string of the molecule is COc1cccc(Cn2ccc3cc([N+](=O)[O-])ccc32)c1. The first-order chi connectivity index (χ1) is 10.2. The summed E-state index contributed by atoms with van der Waals surface area (Å²) in [5, 5.41) is 11.7. The number of non-ortho nitro benzene ring substituents is 1. The summed E-state index contributed by atoms with van der Waals surface area (Å²) in [5.74, 6) is 0.819. The number of aromatic nitrogens is 1. The molecule has 3 rings (SSSR count). The molecule has 0 N–H and O–H groups in total. The van der Waals surface area contributed by atoms with E-state index in [1.165, 1.54) is 6.07 Å². The number of fused-ring (bicyclic) bond motifs is 1. The average Bonchev–Trinajstić information content (AvgIpc) is 2.90. The lowest BCUT2D eigenvalue weighted by Gasteiger charge is -2.07. The van der Waals surface area contributed by atoms with E-state index in [4.69, 9.17) is 4.74 Å². The molecule has 0 saturated heterocycles. The van der Waals surface area contributed by atoms with Gasteiger partial charge in [0.1, 0.15) is 5.75 Å². The van der Waals surface area contributed by atoms with Gasteiger partial charge in [-0.15, -0.1) is 0 Å². The van der Waals surface area contributed by atoms with E-state index in [2.05, 4.69) is 4.57 Å². The lowest BCUT2D eigenvalue weighted by atomic mass is 10.2. The van der Waals surface area contributed by atoms with E-state index in [1.807, 2.05) is 36.5 Å². The summed E-state index contributed by atoms with van der Waals surface area (Å²) in [6, 6.07) is 14.7. The van der Waals surface area contributed by atoms with Crippen LogP contribution >= 0.6 is 0 Å². The lowest BCUT2D eigenvalue weighted by molar-refractivity contribution is -0.384. The average molecular weight is 282 g/mol. The Morgan fingerprint density at radius 2 is 2.05 bits per heavy atom. The van der Waals surface area contributed by atoms with Crippen LogP contribution in [0.5, 0.6) is 5.75 Å². The highest BCUT2D eigenvalue weighted by Crippen LogP contribution is 2.23. The summed E-state index contributed by atoms with van der Waals surface area (Å²) in [6.45, 7) is 0.693. The Morgan fingerprint density at radius 3 is 2.81 bits per heavy atom. The summed E-state index contributed by atoms with van der Waals surface area (Å²) in [7, 11) is 1.64. The van der Waals surface area contributed by atoms with Crippen molar-refractivity contribution in [2.45, 2.75) is 6.54 Å². The molecule has 3 aromatic rings. The van der Waals surface area contributed by atoms with Crippen LogP contribution in [0.3, 0.4) is 0 Å². The summed E-state index contributed by atoms with van der Waals surface area (Å²) < 4.78 is 7.28. The van der Waals surface area contributed by atoms with Gasteiger partial charge >= 0.3 is 0 Å². The van der Waals surface area contributed by atoms with Crippen LogP contribution < -0.4 is 4.74 Å². The monoisotopic (exact) mass is 282 g/mol. The van der Waals surface area contributed by atoms with Gasteiger partial charge in [0.2, 0.25) is 0 Å². The third-order valence-electron chi connectivity index (χ3n) is 3.45. The van der Waals surface area contributed by atoms with E-state index in [9.17, 15) is 10.1 Å². The summed E-state index contributed by atoms with van der Waals surface area (Å²) in [4.78, 5) is 10.4. The van der Waals surface area contributed by atoms with Crippen molar-refractivity contribution in [3.05, 3.63) is 70.4 Å². The first-order valence-corrected chi connectivity index (χ1v) is 6.53. The number of nitrogens with zero attached hydrogens (tertiary/aromatic N) is 2. The molecule has 5 heteroatoms. The number of hydrogen-bond donors (Lipinski definition) is 0. The molecule has 0 spiro atoms. The summed E-state index contributed by atoms with van der Waals surface area (Å²) in [5.41, 5.74) is 2.20. The second kappa shape index (κ2) is 5.28. The first-order valence-electron chi connectivity index (χ1n) is 6.53. The minimum atomic E-state index is -0.376. The summed E-state index contributed by atoms with van der Waals surface area (Å²) >= 11 is 0. The molecule has 106 valence electrons. The molecule has 0 amide bonds. The second-order valence-electron chi connectivity index (χ2n) is 4.80. The number of hydrogen-bond acceptors (Lipinski definition) is 3. The molecule has 1 heterocycles. The van der Waals surface area contributed by atoms with Crippen molar-refractivity contribution in [1.29, 1.82) is 0 Å². The van der Waals surface area contributed by atoms with E-state index in [0.29, 0.717) is 6.54 Å². The Hall–Kier alpha value is -2.82. The first kappa shape index (κ1) is 13.2. The molecule has 0 radical (unpaired) electrons. The fourth-order valence-corrected chi connectivity index (χ4v) is 2.41. The number of ether oxygens (including phenoxy) is 1. The van der Waals surface area contributed by atoms with Gasteiger partial charge in [-0.05, 0) is 29.8 Å². The molecule has 0 aliphatic rings. The molecular formula is C16H14N2O3. The van der Waals surface area contributed by atoms with Crippen LogP contribution in [-0.2, 0) is 6.54 Å². The highest BCUT2D eigenvalue weighted by molar-refractivity contribution is 5.82. The molecule has 5 nitrogen and oxygen atoms in total. The van der Waals surface area contributed by atoms with Crippen molar-refractivity contribution >= 4 is 16.6 Å². The minimum Gasteiger partial charge on any atom is -0.497 e. The summed E-state index contributed by atoms with van der Waals surface area (Å²) in [6.07, 6.45) is 1.94. The Kier molecular flexibility index (Phi) is 3.31. The highest BCUT2D eigenvalue weighted by Gasteiger charge is 2.09. The van der Waals surface area contributed by atoms with Gasteiger partial charge < -0.3 is 9.30 Å². The van der Waals surface area contributed by atoms with Gasteiger partial charge in [0.05, 0.1) is 12.0 Å². The number of nitro benzene ring substituents is 1. The van der Waals surface area contributed by atoms with E-state index in [0.717, 1.165) is 22.2 Å². The van der Waals surface area contributed by atoms with Gasteiger partial charge in [0.25, 0.3) is 5.69 Å². The van der Waals surface area contributed by atoms with Gasteiger partial charge in [0.15, 0.2) is 0 Å². The predicted molar refractivity (Wildman–Crippen MR) is 80.7 cm³/mol. The van der Waals surface area contributed by atoms with Crippen molar-refractivity contribution in [1.82, 2.24) is 4.57 Å². The van der Waals surface area contributed by atoms with Crippen molar-refractivity contribution in [3.8, 4) is 5.75 Å². The zero-order valence-corrected chi connectivity index (χ0v) is 11.5. The normalized spacial score (nSPS) is 10.7. The van der Waals surface area contributed by atoms with Crippen molar-refractivity contribution in [2.75, 3.05) is 7.11 Å². The molecule has 0 atom stereocenters. The molecule has 0 fully saturated rings. The van der Waals surface area contributed by atoms with Gasteiger partial charge in [-0.1, -0.05) is 12.1 Å². The van der Waals surface area contributed by atoms with Crippen LogP contribution in [0.25, 0.3) is 10.9 Å². The molecule has 0 aliphatic heterocycles. The van der Waals surface area contributed by atoms with E-state index in [1.54, 1.807) is 19.2 Å². The molecule has 0 aliphatic carbocycles. The van der Waals surface area contributed by atoms with Crippen LogP contribution in [-0.4, -0.2) is 16.6 Å². The Bertz CT molecular complexity index is 808. The maximum absolute atomic E-state index is 10.8. The number of methoxy groups -OCH3 is 1. The van der Waals surface area contributed by atoms with Crippen molar-refractivity contribution in [3.63, 3.8) is 0 Å². The molecule has 21 heavy (non-hydrogen) atoms. The van der Waals surface area contributed by atoms with Gasteiger partial charge in [-0.2, -0.15) is 0 Å². The van der Waals surface area contributed by atoms with Crippen LogP contribution in [0.2, 0.25) is 0 Å². The molecule has 1 aromatic heterocycles. The van der Waals surface area contributed by atoms with Crippen LogP contribution in [0, 0.1) is 10.1 Å². The topological polar surface area (TPSA) is 57.3 Å². The number of benzene rings is 2. The predicted octanol–water partition coefficient (Wildman–Crippen LogP) is 3.61. The molecule has 0 saturated carbocycles. The number of rotatable bonds is 4. The Morgan fingerprint density at radius 1 is 1.19 bits per heavy atom. The number of nitro groups is 1. The molecule has 2 aromatic carbocycles. The van der Waals surface area contributed by atoms with E-state index in [-0.39, 0.29) is 10.6 Å². The lowest BCUT2D eigenvalue weighted by Crippen LogP contribution is -1.98. The van der Waals surface area contributed by atoms with Gasteiger partial charge in [-0.25, -0.2) is 0 Å². The van der Waals surface area contributed by atoms with Crippen molar-refractivity contribution < 1.29 is 9.66 Å². The Balaban J connectivity index is 1.95. The van der Waals surface area contributed by atoms with Crippen LogP contribution in [0.1, 0.15) is 5.56 Å². The van der Waals surface area contributed by atoms with Gasteiger partial charge in [0, 0.05) is 35.8 Å². The second-order valence-corrected chi connectivity index (χ2v) is 4.80. The fraction of sp³-hybridized carbons (Fsp3) is 0.125. The molecule has 0 bridgehead atoms. The maximum atomic E-state index is 10.8. The smallest absolute Gasteiger partial charge is 0.270 e. The van der Waals surface area contributed by atoms with Crippen molar-refractivity contribution in [2.24, 2.45) is 0 Å². The maximum Gasteiger partial charge on any atom is 0.270 e. The molecule has 0 unspecified atom stereocenters. The van der Waals surface area contributed by atoms with Crippen LogP contribution in [0.4, 0.5) is 5.69 Å². The van der Waals surface area contributed by atoms with Gasteiger partial charge in [-0.3, -0.25) is 10.1 Å². The van der Waals surface area contributed by atoms with E-state index >= 15 is 0 Å². The fourth-order valence-electron chi connectivity index (χ4n) is 2.41.